The molecule has 0 spiro atoms. The summed E-state index contributed by atoms with van der Waals surface area (Å²) in [6.45, 7) is 3.78. The van der Waals surface area contributed by atoms with E-state index in [1.807, 2.05) is 32.0 Å². The lowest BCUT2D eigenvalue weighted by Gasteiger charge is -1.99. The average Bonchev–Trinajstić information content (AvgIpc) is 2.37. The highest BCUT2D eigenvalue weighted by atomic mass is 32.2. The molecular weight excluding hydrogens is 264 g/mol. The van der Waals surface area contributed by atoms with Crippen LogP contribution in [-0.2, 0) is 10.1 Å². The maximum absolute atomic E-state index is 10.4. The lowest BCUT2D eigenvalue weighted by Crippen LogP contribution is -1.96. The molecule has 5 heteroatoms. The third kappa shape index (κ3) is 4.73. The summed E-state index contributed by atoms with van der Waals surface area (Å²) in [4.78, 5) is -0.0741. The van der Waals surface area contributed by atoms with Gasteiger partial charge >= 0.3 is 0 Å². The number of hydrogen-bond acceptors (Lipinski definition) is 3. The van der Waals surface area contributed by atoms with Gasteiger partial charge in [0.2, 0.25) is 0 Å². The Balaban J connectivity index is 0.000000191. The van der Waals surface area contributed by atoms with Crippen molar-refractivity contribution in [2.75, 3.05) is 0 Å². The molecule has 0 radical (unpaired) electrons. The number of rotatable bonds is 1. The first kappa shape index (κ1) is 15.2. The molecule has 0 unspecified atom stereocenters. The highest BCUT2D eigenvalue weighted by Gasteiger charge is 2.05. The van der Waals surface area contributed by atoms with E-state index < -0.39 is 10.1 Å². The SMILES string of the molecule is Cc1cccc(C)c1O.O=S(=O)(O)c1ccccc1. The second-order valence-corrected chi connectivity index (χ2v) is 5.45. The predicted octanol–water partition coefficient (Wildman–Crippen LogP) is 2.94. The number of hydrogen-bond donors (Lipinski definition) is 2. The first-order chi connectivity index (χ1) is 8.82. The molecule has 2 rings (SSSR count). The lowest BCUT2D eigenvalue weighted by molar-refractivity contribution is 0.467. The number of benzene rings is 2. The Morgan fingerprint density at radius 1 is 0.842 bits per heavy atom. The zero-order chi connectivity index (χ0) is 14.5. The van der Waals surface area contributed by atoms with Crippen LogP contribution in [0.15, 0.2) is 53.4 Å². The fraction of sp³-hybridized carbons (Fsp3) is 0.143. The summed E-state index contributed by atoms with van der Waals surface area (Å²) < 4.78 is 29.2. The summed E-state index contributed by atoms with van der Waals surface area (Å²) in [5.41, 5.74) is 1.88. The van der Waals surface area contributed by atoms with Crippen LogP contribution in [0, 0.1) is 13.8 Å². The van der Waals surface area contributed by atoms with Crippen molar-refractivity contribution < 1.29 is 18.1 Å². The second kappa shape index (κ2) is 6.36. The molecule has 0 fully saturated rings. The van der Waals surface area contributed by atoms with Crippen molar-refractivity contribution in [2.24, 2.45) is 0 Å². The van der Waals surface area contributed by atoms with E-state index in [1.165, 1.54) is 12.1 Å². The molecule has 0 aliphatic heterocycles. The van der Waals surface area contributed by atoms with Crippen molar-refractivity contribution in [1.29, 1.82) is 0 Å². The summed E-state index contributed by atoms with van der Waals surface area (Å²) >= 11 is 0. The molecule has 102 valence electrons. The van der Waals surface area contributed by atoms with Gasteiger partial charge in [0.25, 0.3) is 10.1 Å². The van der Waals surface area contributed by atoms with Crippen molar-refractivity contribution in [2.45, 2.75) is 18.7 Å². The van der Waals surface area contributed by atoms with Crippen LogP contribution in [0.5, 0.6) is 5.75 Å². The van der Waals surface area contributed by atoms with E-state index in [2.05, 4.69) is 0 Å². The molecule has 0 saturated heterocycles. The van der Waals surface area contributed by atoms with Gasteiger partial charge < -0.3 is 5.11 Å². The largest absolute Gasteiger partial charge is 0.507 e. The van der Waals surface area contributed by atoms with E-state index in [0.717, 1.165) is 11.1 Å². The van der Waals surface area contributed by atoms with Gasteiger partial charge in [-0.1, -0.05) is 36.4 Å². The van der Waals surface area contributed by atoms with E-state index in [0.29, 0.717) is 5.75 Å². The topological polar surface area (TPSA) is 74.6 Å². The molecule has 0 bridgehead atoms. The van der Waals surface area contributed by atoms with Gasteiger partial charge in [-0.3, -0.25) is 4.55 Å². The molecular formula is C14H16O4S. The van der Waals surface area contributed by atoms with Crippen LogP contribution in [0.3, 0.4) is 0 Å². The van der Waals surface area contributed by atoms with Gasteiger partial charge in [0.15, 0.2) is 0 Å². The van der Waals surface area contributed by atoms with Crippen LogP contribution in [0.1, 0.15) is 11.1 Å². The number of para-hydroxylation sites is 1. The van der Waals surface area contributed by atoms with Crippen LogP contribution >= 0.6 is 0 Å². The van der Waals surface area contributed by atoms with E-state index in [9.17, 15) is 13.5 Å². The molecule has 0 aromatic heterocycles. The summed E-state index contributed by atoms with van der Waals surface area (Å²) in [6, 6.07) is 13.1. The Morgan fingerprint density at radius 2 is 1.32 bits per heavy atom. The highest BCUT2D eigenvalue weighted by molar-refractivity contribution is 7.85. The molecule has 2 aromatic carbocycles. The van der Waals surface area contributed by atoms with Crippen LogP contribution in [0.25, 0.3) is 0 Å². The molecule has 19 heavy (non-hydrogen) atoms. The lowest BCUT2D eigenvalue weighted by atomic mass is 10.1. The third-order valence-corrected chi connectivity index (χ3v) is 3.35. The highest BCUT2D eigenvalue weighted by Crippen LogP contribution is 2.19. The fourth-order valence-corrected chi connectivity index (χ4v) is 1.90. The average molecular weight is 280 g/mol. The van der Waals surface area contributed by atoms with Gasteiger partial charge in [0.1, 0.15) is 5.75 Å². The number of aromatic hydroxyl groups is 1. The van der Waals surface area contributed by atoms with Gasteiger partial charge in [0, 0.05) is 0 Å². The van der Waals surface area contributed by atoms with Gasteiger partial charge in [-0.2, -0.15) is 8.42 Å². The zero-order valence-corrected chi connectivity index (χ0v) is 11.6. The Kier molecular flexibility index (Phi) is 5.09. The maximum Gasteiger partial charge on any atom is 0.294 e. The third-order valence-electron chi connectivity index (χ3n) is 2.48. The first-order valence-corrected chi connectivity index (χ1v) is 7.04. The minimum Gasteiger partial charge on any atom is -0.507 e. The fourth-order valence-electron chi connectivity index (χ4n) is 1.40. The standard InChI is InChI=1S/C8H10O.C6H6O3S/c1-6-4-3-5-7(2)8(6)9;7-10(8,9)6-4-2-1-3-5-6/h3-5,9H,1-2H3;1-5H,(H,7,8,9). The van der Waals surface area contributed by atoms with Crippen molar-refractivity contribution in [3.05, 3.63) is 59.7 Å². The van der Waals surface area contributed by atoms with Crippen LogP contribution in [-0.4, -0.2) is 18.1 Å². The molecule has 0 heterocycles. The van der Waals surface area contributed by atoms with Crippen molar-refractivity contribution in [3.8, 4) is 5.75 Å². The molecule has 0 aliphatic rings. The molecule has 0 saturated carbocycles. The minimum absolute atomic E-state index is 0.0741. The zero-order valence-electron chi connectivity index (χ0n) is 10.7. The first-order valence-electron chi connectivity index (χ1n) is 5.60. The van der Waals surface area contributed by atoms with Gasteiger partial charge in [0.05, 0.1) is 4.90 Å². The van der Waals surface area contributed by atoms with E-state index in [1.54, 1.807) is 18.2 Å². The number of phenolic OH excluding ortho intramolecular Hbond substituents is 1. The van der Waals surface area contributed by atoms with Crippen molar-refractivity contribution >= 4 is 10.1 Å². The molecule has 2 aromatic rings. The second-order valence-electron chi connectivity index (χ2n) is 4.03. The van der Waals surface area contributed by atoms with Crippen molar-refractivity contribution in [1.82, 2.24) is 0 Å². The summed E-state index contributed by atoms with van der Waals surface area (Å²) in [6.07, 6.45) is 0. The Bertz CT molecular complexity index is 614. The molecule has 4 nitrogen and oxygen atoms in total. The molecule has 0 atom stereocenters. The van der Waals surface area contributed by atoms with E-state index >= 15 is 0 Å². The van der Waals surface area contributed by atoms with Crippen molar-refractivity contribution in [3.63, 3.8) is 0 Å². The maximum atomic E-state index is 10.4. The quantitative estimate of drug-likeness (QED) is 0.788. The van der Waals surface area contributed by atoms with Crippen LogP contribution in [0.2, 0.25) is 0 Å². The van der Waals surface area contributed by atoms with Crippen LogP contribution < -0.4 is 0 Å². The smallest absolute Gasteiger partial charge is 0.294 e. The summed E-state index contributed by atoms with van der Waals surface area (Å²) in [5, 5.41) is 9.21. The van der Waals surface area contributed by atoms with Gasteiger partial charge in [-0.05, 0) is 37.1 Å². The number of aryl methyl sites for hydroxylation is 2. The van der Waals surface area contributed by atoms with Gasteiger partial charge in [-0.25, -0.2) is 0 Å². The van der Waals surface area contributed by atoms with E-state index in [4.69, 9.17) is 4.55 Å². The molecule has 2 N–H and O–H groups in total. The van der Waals surface area contributed by atoms with Gasteiger partial charge in [-0.15, -0.1) is 0 Å². The predicted molar refractivity (Wildman–Crippen MR) is 73.8 cm³/mol. The Morgan fingerprint density at radius 3 is 1.63 bits per heavy atom. The molecule has 0 amide bonds. The molecule has 0 aliphatic carbocycles. The number of phenols is 1. The monoisotopic (exact) mass is 280 g/mol. The van der Waals surface area contributed by atoms with E-state index in [-0.39, 0.29) is 4.90 Å². The summed E-state index contributed by atoms with van der Waals surface area (Å²) in [5.74, 6) is 0.414. The Labute approximate surface area is 113 Å². The summed E-state index contributed by atoms with van der Waals surface area (Å²) in [7, 11) is -4.00. The van der Waals surface area contributed by atoms with Crippen LogP contribution in [0.4, 0.5) is 0 Å². The normalized spacial score (nSPS) is 10.5. The minimum atomic E-state index is -4.00. The Hall–Kier alpha value is -1.85.